The average molecular weight is 251 g/mol. The van der Waals surface area contributed by atoms with Crippen LogP contribution in [0.25, 0.3) is 0 Å². The lowest BCUT2D eigenvalue weighted by Gasteiger charge is -2.17. The van der Waals surface area contributed by atoms with Crippen LogP contribution in [0.1, 0.15) is 6.92 Å². The van der Waals surface area contributed by atoms with E-state index in [-0.39, 0.29) is 5.91 Å². The molecule has 92 valence electrons. The molecular formula is C12H17N3OS. The van der Waals surface area contributed by atoms with E-state index in [0.717, 1.165) is 35.9 Å². The van der Waals surface area contributed by atoms with E-state index < -0.39 is 0 Å². The van der Waals surface area contributed by atoms with Gasteiger partial charge in [0.1, 0.15) is 0 Å². The van der Waals surface area contributed by atoms with E-state index in [0.29, 0.717) is 5.75 Å². The summed E-state index contributed by atoms with van der Waals surface area (Å²) in [5.74, 6) is 0.590. The Morgan fingerprint density at radius 1 is 1.41 bits per heavy atom. The predicted molar refractivity (Wildman–Crippen MR) is 72.8 cm³/mol. The van der Waals surface area contributed by atoms with Crippen molar-refractivity contribution in [1.29, 1.82) is 0 Å². The number of fused-ring (bicyclic) bond motifs is 1. The summed E-state index contributed by atoms with van der Waals surface area (Å²) in [7, 11) is 0. The number of nitrogens with one attached hydrogen (secondary N) is 3. The van der Waals surface area contributed by atoms with Gasteiger partial charge in [-0.15, -0.1) is 11.8 Å². The number of anilines is 2. The van der Waals surface area contributed by atoms with E-state index in [1.165, 1.54) is 0 Å². The highest BCUT2D eigenvalue weighted by Gasteiger charge is 2.14. The number of carbonyl (C=O) groups excluding carboxylic acids is 1. The van der Waals surface area contributed by atoms with Crippen molar-refractivity contribution in [1.82, 2.24) is 5.32 Å². The fourth-order valence-corrected chi connectivity index (χ4v) is 2.45. The lowest BCUT2D eigenvalue weighted by Crippen LogP contribution is -2.22. The average Bonchev–Trinajstić information content (AvgIpc) is 2.34. The van der Waals surface area contributed by atoms with E-state index in [9.17, 15) is 4.79 Å². The van der Waals surface area contributed by atoms with Crippen molar-refractivity contribution >= 4 is 29.0 Å². The topological polar surface area (TPSA) is 53.2 Å². The smallest absolute Gasteiger partial charge is 0.234 e. The Morgan fingerprint density at radius 2 is 2.29 bits per heavy atom. The molecule has 0 saturated carbocycles. The first-order valence-corrected chi connectivity index (χ1v) is 6.79. The summed E-state index contributed by atoms with van der Waals surface area (Å²) in [5.41, 5.74) is 1.96. The Balaban J connectivity index is 1.95. The van der Waals surface area contributed by atoms with Crippen LogP contribution in [0.5, 0.6) is 0 Å². The maximum Gasteiger partial charge on any atom is 0.234 e. The molecule has 1 aromatic carbocycles. The number of hydrogen-bond donors (Lipinski definition) is 3. The summed E-state index contributed by atoms with van der Waals surface area (Å²) in [6.07, 6.45) is 0. The highest BCUT2D eigenvalue weighted by atomic mass is 32.2. The monoisotopic (exact) mass is 251 g/mol. The minimum absolute atomic E-state index is 0.0762. The second-order valence-electron chi connectivity index (χ2n) is 3.83. The third-order valence-corrected chi connectivity index (χ3v) is 3.57. The number of likely N-dealkylation sites (N-methyl/N-ethyl adjacent to an activating group) is 1. The van der Waals surface area contributed by atoms with Crippen molar-refractivity contribution in [3.63, 3.8) is 0 Å². The van der Waals surface area contributed by atoms with Gasteiger partial charge >= 0.3 is 0 Å². The molecule has 1 heterocycles. The standard InChI is InChI=1S/C12H17N3OS/c1-2-13-5-6-14-9-3-4-11-10(7-9)15-12(16)8-17-11/h3-4,7,13-14H,2,5-6,8H2,1H3,(H,15,16). The lowest BCUT2D eigenvalue weighted by atomic mass is 10.2. The minimum Gasteiger partial charge on any atom is -0.384 e. The number of carbonyl (C=O) groups is 1. The van der Waals surface area contributed by atoms with Crippen LogP contribution < -0.4 is 16.0 Å². The van der Waals surface area contributed by atoms with Crippen LogP contribution in [0.3, 0.4) is 0 Å². The molecule has 0 spiro atoms. The van der Waals surface area contributed by atoms with Gasteiger partial charge in [0.2, 0.25) is 5.91 Å². The van der Waals surface area contributed by atoms with Crippen molar-refractivity contribution in [2.45, 2.75) is 11.8 Å². The molecule has 0 bridgehead atoms. The summed E-state index contributed by atoms with van der Waals surface area (Å²) in [5, 5.41) is 9.46. The summed E-state index contributed by atoms with van der Waals surface area (Å²) in [6, 6.07) is 6.09. The Labute approximate surface area is 106 Å². The van der Waals surface area contributed by atoms with Crippen LogP contribution in [0.2, 0.25) is 0 Å². The SMILES string of the molecule is CCNCCNc1ccc2c(c1)NC(=O)CS2. The van der Waals surface area contributed by atoms with Gasteiger partial charge in [0.05, 0.1) is 11.4 Å². The Hall–Kier alpha value is -1.20. The third-order valence-electron chi connectivity index (χ3n) is 2.49. The molecule has 0 fully saturated rings. The highest BCUT2D eigenvalue weighted by Crippen LogP contribution is 2.33. The van der Waals surface area contributed by atoms with Crippen molar-refractivity contribution < 1.29 is 4.79 Å². The first-order valence-electron chi connectivity index (χ1n) is 5.81. The van der Waals surface area contributed by atoms with Crippen molar-refractivity contribution in [3.05, 3.63) is 18.2 Å². The van der Waals surface area contributed by atoms with Crippen molar-refractivity contribution in [2.75, 3.05) is 36.0 Å². The van der Waals surface area contributed by atoms with Crippen LogP contribution >= 0.6 is 11.8 Å². The van der Waals surface area contributed by atoms with Crippen molar-refractivity contribution in [2.24, 2.45) is 0 Å². The molecule has 4 nitrogen and oxygen atoms in total. The van der Waals surface area contributed by atoms with E-state index in [1.54, 1.807) is 11.8 Å². The Morgan fingerprint density at radius 3 is 3.12 bits per heavy atom. The molecule has 0 saturated heterocycles. The number of benzene rings is 1. The summed E-state index contributed by atoms with van der Waals surface area (Å²) in [4.78, 5) is 12.4. The van der Waals surface area contributed by atoms with Crippen LogP contribution in [0.15, 0.2) is 23.1 Å². The zero-order valence-corrected chi connectivity index (χ0v) is 10.7. The molecular weight excluding hydrogens is 234 g/mol. The second kappa shape index (κ2) is 5.93. The maximum atomic E-state index is 11.3. The molecule has 5 heteroatoms. The minimum atomic E-state index is 0.0762. The quantitative estimate of drug-likeness (QED) is 0.698. The fourth-order valence-electron chi connectivity index (χ4n) is 1.67. The molecule has 2 rings (SSSR count). The zero-order valence-electron chi connectivity index (χ0n) is 9.88. The first-order chi connectivity index (χ1) is 8.29. The van der Waals surface area contributed by atoms with Crippen LogP contribution in [0.4, 0.5) is 11.4 Å². The molecule has 3 N–H and O–H groups in total. The molecule has 0 radical (unpaired) electrons. The molecule has 17 heavy (non-hydrogen) atoms. The van der Waals surface area contributed by atoms with Crippen LogP contribution in [-0.4, -0.2) is 31.3 Å². The highest BCUT2D eigenvalue weighted by molar-refractivity contribution is 8.00. The van der Waals surface area contributed by atoms with E-state index in [2.05, 4.69) is 35.0 Å². The van der Waals surface area contributed by atoms with Crippen LogP contribution in [-0.2, 0) is 4.79 Å². The number of hydrogen-bond acceptors (Lipinski definition) is 4. The van der Waals surface area contributed by atoms with E-state index in [4.69, 9.17) is 0 Å². The molecule has 1 aromatic rings. The molecule has 1 aliphatic rings. The maximum absolute atomic E-state index is 11.3. The fraction of sp³-hybridized carbons (Fsp3) is 0.417. The summed E-state index contributed by atoms with van der Waals surface area (Å²) >= 11 is 1.59. The van der Waals surface area contributed by atoms with Gasteiger partial charge < -0.3 is 16.0 Å². The molecule has 1 amide bonds. The Bertz CT molecular complexity index is 409. The Kier molecular flexibility index (Phi) is 4.28. The molecule has 0 aliphatic carbocycles. The van der Waals surface area contributed by atoms with Gasteiger partial charge in [-0.25, -0.2) is 0 Å². The van der Waals surface area contributed by atoms with Gasteiger partial charge in [-0.2, -0.15) is 0 Å². The van der Waals surface area contributed by atoms with E-state index in [1.807, 2.05) is 6.07 Å². The third kappa shape index (κ3) is 3.38. The van der Waals surface area contributed by atoms with Gasteiger partial charge in [-0.3, -0.25) is 4.79 Å². The van der Waals surface area contributed by atoms with Gasteiger partial charge in [0, 0.05) is 23.7 Å². The predicted octanol–water partition coefficient (Wildman–Crippen LogP) is 1.75. The molecule has 1 aliphatic heterocycles. The first kappa shape index (κ1) is 12.3. The van der Waals surface area contributed by atoms with Crippen molar-refractivity contribution in [3.8, 4) is 0 Å². The van der Waals surface area contributed by atoms with E-state index >= 15 is 0 Å². The largest absolute Gasteiger partial charge is 0.384 e. The molecule has 0 aromatic heterocycles. The summed E-state index contributed by atoms with van der Waals surface area (Å²) < 4.78 is 0. The normalized spacial score (nSPS) is 14.1. The molecule has 0 unspecified atom stereocenters. The summed E-state index contributed by atoms with van der Waals surface area (Å²) in [6.45, 7) is 4.90. The van der Waals surface area contributed by atoms with Gasteiger partial charge in [-0.05, 0) is 24.7 Å². The zero-order chi connectivity index (χ0) is 12.1. The number of thioether (sulfide) groups is 1. The second-order valence-corrected chi connectivity index (χ2v) is 4.85. The number of amides is 1. The van der Waals surface area contributed by atoms with Gasteiger partial charge in [0.15, 0.2) is 0 Å². The van der Waals surface area contributed by atoms with Gasteiger partial charge in [0.25, 0.3) is 0 Å². The number of rotatable bonds is 5. The molecule has 0 atom stereocenters. The van der Waals surface area contributed by atoms with Crippen LogP contribution in [0, 0.1) is 0 Å². The van der Waals surface area contributed by atoms with Gasteiger partial charge in [-0.1, -0.05) is 6.92 Å². The lowest BCUT2D eigenvalue weighted by molar-refractivity contribution is -0.113.